The third kappa shape index (κ3) is 2.47. The zero-order chi connectivity index (χ0) is 15.5. The molecule has 7 heteroatoms. The molecule has 0 aliphatic heterocycles. The summed E-state index contributed by atoms with van der Waals surface area (Å²) in [7, 11) is 0. The number of carbonyl (C=O) groups excluding carboxylic acids is 1. The molecule has 0 fully saturated rings. The number of aromatic nitrogens is 2. The van der Waals surface area contributed by atoms with E-state index >= 15 is 0 Å². The van der Waals surface area contributed by atoms with Crippen molar-refractivity contribution in [3.63, 3.8) is 0 Å². The molecule has 2 heterocycles. The largest absolute Gasteiger partial charge is 0.321 e. The Morgan fingerprint density at radius 3 is 2.59 bits per heavy atom. The molecule has 1 N–H and O–H groups in total. The van der Waals surface area contributed by atoms with Gasteiger partial charge < -0.3 is 5.32 Å². The van der Waals surface area contributed by atoms with Crippen LogP contribution in [0.2, 0.25) is 0 Å². The maximum Gasteiger partial charge on any atom is 0.279 e. The molecule has 22 heavy (non-hydrogen) atoms. The van der Waals surface area contributed by atoms with E-state index in [-0.39, 0.29) is 16.8 Å². The summed E-state index contributed by atoms with van der Waals surface area (Å²) in [5.74, 6) is -0.508. The van der Waals surface area contributed by atoms with Crippen molar-refractivity contribution >= 4 is 28.1 Å². The molecule has 0 saturated carbocycles. The van der Waals surface area contributed by atoms with Crippen molar-refractivity contribution in [3.05, 3.63) is 70.8 Å². The number of non-ortho nitro benzene ring substituents is 1. The highest BCUT2D eigenvalue weighted by Crippen LogP contribution is 2.27. The molecule has 0 atom stereocenters. The summed E-state index contributed by atoms with van der Waals surface area (Å²) >= 11 is 0. The topological polar surface area (TPSA) is 98.0 Å². The standard InChI is InChI=1S/C15H10N4O3/c20-15(18-11-5-7-16-8-6-11)14-13-10(4-9-17-14)2-1-3-12(13)19(21)22/h1-9H,(H,16,18,20). The molecular formula is C15H10N4O3. The van der Waals surface area contributed by atoms with Crippen molar-refractivity contribution in [3.8, 4) is 0 Å². The summed E-state index contributed by atoms with van der Waals surface area (Å²) in [6.07, 6.45) is 4.52. The fraction of sp³-hybridized carbons (Fsp3) is 0. The predicted molar refractivity (Wildman–Crippen MR) is 80.6 cm³/mol. The number of benzene rings is 1. The van der Waals surface area contributed by atoms with Crippen LogP contribution < -0.4 is 5.32 Å². The van der Waals surface area contributed by atoms with Gasteiger partial charge in [0.1, 0.15) is 5.69 Å². The third-order valence-corrected chi connectivity index (χ3v) is 3.12. The Morgan fingerprint density at radius 2 is 1.86 bits per heavy atom. The minimum Gasteiger partial charge on any atom is -0.321 e. The Bertz CT molecular complexity index is 860. The molecule has 3 aromatic rings. The van der Waals surface area contributed by atoms with Gasteiger partial charge in [0.25, 0.3) is 11.6 Å². The number of nitro groups is 1. The number of carbonyl (C=O) groups is 1. The number of hydrogen-bond donors (Lipinski definition) is 1. The Kier molecular flexibility index (Phi) is 3.45. The van der Waals surface area contributed by atoms with Crippen LogP contribution in [0.15, 0.2) is 55.0 Å². The number of nitro benzene ring substituents is 1. The number of nitrogens with zero attached hydrogens (tertiary/aromatic N) is 3. The average molecular weight is 294 g/mol. The van der Waals surface area contributed by atoms with Gasteiger partial charge in [0.2, 0.25) is 0 Å². The molecule has 0 spiro atoms. The summed E-state index contributed by atoms with van der Waals surface area (Å²) < 4.78 is 0. The van der Waals surface area contributed by atoms with E-state index in [2.05, 4.69) is 15.3 Å². The highest BCUT2D eigenvalue weighted by Gasteiger charge is 2.20. The number of hydrogen-bond acceptors (Lipinski definition) is 5. The van der Waals surface area contributed by atoms with E-state index in [1.165, 1.54) is 24.7 Å². The van der Waals surface area contributed by atoms with E-state index in [0.29, 0.717) is 11.1 Å². The van der Waals surface area contributed by atoms with Gasteiger partial charge in [-0.25, -0.2) is 0 Å². The monoisotopic (exact) mass is 294 g/mol. The maximum atomic E-state index is 12.4. The number of rotatable bonds is 3. The van der Waals surface area contributed by atoms with E-state index in [9.17, 15) is 14.9 Å². The first-order valence-electron chi connectivity index (χ1n) is 6.40. The van der Waals surface area contributed by atoms with Gasteiger partial charge in [-0.3, -0.25) is 24.9 Å². The Labute approximate surface area is 124 Å². The normalized spacial score (nSPS) is 10.4. The van der Waals surface area contributed by atoms with Crippen LogP contribution in [0.5, 0.6) is 0 Å². The predicted octanol–water partition coefficient (Wildman–Crippen LogP) is 2.79. The average Bonchev–Trinajstić information content (AvgIpc) is 2.54. The summed E-state index contributed by atoms with van der Waals surface area (Å²) in [6, 6.07) is 9.51. The minimum atomic E-state index is -0.521. The SMILES string of the molecule is O=C(Nc1ccncc1)c1nccc2cccc([N+](=O)[O-])c12. The van der Waals surface area contributed by atoms with Gasteiger partial charge in [-0.2, -0.15) is 0 Å². The first-order chi connectivity index (χ1) is 10.7. The van der Waals surface area contributed by atoms with E-state index < -0.39 is 10.8 Å². The van der Waals surface area contributed by atoms with Crippen molar-refractivity contribution in [2.75, 3.05) is 5.32 Å². The number of nitrogens with one attached hydrogen (secondary N) is 1. The molecule has 0 radical (unpaired) electrons. The van der Waals surface area contributed by atoms with Crippen molar-refractivity contribution in [1.29, 1.82) is 0 Å². The highest BCUT2D eigenvalue weighted by atomic mass is 16.6. The molecule has 3 rings (SSSR count). The van der Waals surface area contributed by atoms with Crippen molar-refractivity contribution in [1.82, 2.24) is 9.97 Å². The second-order valence-corrected chi connectivity index (χ2v) is 4.48. The molecule has 0 aliphatic carbocycles. The minimum absolute atomic E-state index is 0.0154. The fourth-order valence-corrected chi connectivity index (χ4v) is 2.16. The summed E-state index contributed by atoms with van der Waals surface area (Å²) in [4.78, 5) is 30.9. The van der Waals surface area contributed by atoms with Crippen LogP contribution in [-0.4, -0.2) is 20.8 Å². The van der Waals surface area contributed by atoms with Gasteiger partial charge in [0, 0.05) is 30.3 Å². The fourth-order valence-electron chi connectivity index (χ4n) is 2.16. The number of pyridine rings is 2. The molecule has 7 nitrogen and oxygen atoms in total. The smallest absolute Gasteiger partial charge is 0.279 e. The van der Waals surface area contributed by atoms with Gasteiger partial charge in [-0.1, -0.05) is 12.1 Å². The first kappa shape index (κ1) is 13.6. The van der Waals surface area contributed by atoms with E-state index in [4.69, 9.17) is 0 Å². The van der Waals surface area contributed by atoms with Gasteiger partial charge >= 0.3 is 0 Å². The Balaban J connectivity index is 2.10. The molecule has 0 bridgehead atoms. The maximum absolute atomic E-state index is 12.4. The molecule has 0 saturated heterocycles. The zero-order valence-electron chi connectivity index (χ0n) is 11.3. The first-order valence-corrected chi connectivity index (χ1v) is 6.40. The van der Waals surface area contributed by atoms with Gasteiger partial charge in [-0.05, 0) is 23.6 Å². The second-order valence-electron chi connectivity index (χ2n) is 4.48. The summed E-state index contributed by atoms with van der Waals surface area (Å²) in [6.45, 7) is 0. The van der Waals surface area contributed by atoms with Gasteiger partial charge in [-0.15, -0.1) is 0 Å². The van der Waals surface area contributed by atoms with Crippen LogP contribution in [0.1, 0.15) is 10.5 Å². The van der Waals surface area contributed by atoms with E-state index in [0.717, 1.165) is 0 Å². The van der Waals surface area contributed by atoms with Crippen LogP contribution in [0.3, 0.4) is 0 Å². The third-order valence-electron chi connectivity index (χ3n) is 3.12. The van der Waals surface area contributed by atoms with Crippen molar-refractivity contribution in [2.24, 2.45) is 0 Å². The highest BCUT2D eigenvalue weighted by molar-refractivity contribution is 6.13. The number of anilines is 1. The molecule has 0 unspecified atom stereocenters. The van der Waals surface area contributed by atoms with Crippen LogP contribution in [0.25, 0.3) is 10.8 Å². The lowest BCUT2D eigenvalue weighted by molar-refractivity contribution is -0.383. The van der Waals surface area contributed by atoms with E-state index in [1.54, 1.807) is 30.3 Å². The van der Waals surface area contributed by atoms with Crippen molar-refractivity contribution < 1.29 is 9.72 Å². The zero-order valence-corrected chi connectivity index (χ0v) is 11.3. The lowest BCUT2D eigenvalue weighted by Gasteiger charge is -2.07. The van der Waals surface area contributed by atoms with Crippen LogP contribution in [0, 0.1) is 10.1 Å². The lowest BCUT2D eigenvalue weighted by atomic mass is 10.1. The Morgan fingerprint density at radius 1 is 1.09 bits per heavy atom. The van der Waals surface area contributed by atoms with Crippen LogP contribution in [-0.2, 0) is 0 Å². The number of amides is 1. The molecule has 108 valence electrons. The molecular weight excluding hydrogens is 284 g/mol. The van der Waals surface area contributed by atoms with Gasteiger partial charge in [0.05, 0.1) is 10.3 Å². The van der Waals surface area contributed by atoms with Crippen LogP contribution >= 0.6 is 0 Å². The van der Waals surface area contributed by atoms with Crippen molar-refractivity contribution in [2.45, 2.75) is 0 Å². The quantitative estimate of drug-likeness (QED) is 0.591. The lowest BCUT2D eigenvalue weighted by Crippen LogP contribution is -2.14. The molecule has 1 aromatic carbocycles. The summed E-state index contributed by atoms with van der Waals surface area (Å²) in [5, 5.41) is 14.6. The Hall–Kier alpha value is -3.35. The van der Waals surface area contributed by atoms with Crippen LogP contribution in [0.4, 0.5) is 11.4 Å². The summed E-state index contributed by atoms with van der Waals surface area (Å²) in [5.41, 5.74) is 0.407. The van der Waals surface area contributed by atoms with E-state index in [1.807, 2.05) is 0 Å². The van der Waals surface area contributed by atoms with Gasteiger partial charge in [0.15, 0.2) is 0 Å². The molecule has 0 aliphatic rings. The molecule has 1 amide bonds. The number of fused-ring (bicyclic) bond motifs is 1. The molecule has 2 aromatic heterocycles. The second kappa shape index (κ2) is 5.57.